The molecule has 1 saturated carbocycles. The summed E-state index contributed by atoms with van der Waals surface area (Å²) in [6.07, 6.45) is 11.6. The highest BCUT2D eigenvalue weighted by molar-refractivity contribution is 5.93. The molecule has 1 aromatic heterocycles. The van der Waals surface area contributed by atoms with Crippen LogP contribution in [-0.2, 0) is 4.79 Å². The number of carbonyl (C=O) groups excluding carboxylic acids is 1. The van der Waals surface area contributed by atoms with Crippen molar-refractivity contribution < 1.29 is 9.21 Å². The Labute approximate surface area is 121 Å². The Bertz CT molecular complexity index is 431. The minimum absolute atomic E-state index is 0.106. The lowest BCUT2D eigenvalue weighted by atomic mass is 9.75. The highest BCUT2D eigenvalue weighted by atomic mass is 16.4. The first-order valence-electron chi connectivity index (χ1n) is 7.90. The van der Waals surface area contributed by atoms with Crippen LogP contribution >= 0.6 is 0 Å². The van der Waals surface area contributed by atoms with E-state index in [1.54, 1.807) is 6.26 Å². The fourth-order valence-electron chi connectivity index (χ4n) is 3.15. The van der Waals surface area contributed by atoms with Gasteiger partial charge in [0.25, 0.3) is 0 Å². The molecule has 0 unspecified atom stereocenters. The third-order valence-electron chi connectivity index (χ3n) is 4.39. The highest BCUT2D eigenvalue weighted by Crippen LogP contribution is 2.40. The number of oxazole rings is 1. The zero-order valence-electron chi connectivity index (χ0n) is 12.7. The van der Waals surface area contributed by atoms with Crippen molar-refractivity contribution in [3.8, 4) is 0 Å². The second kappa shape index (κ2) is 6.91. The molecular weight excluding hydrogens is 252 g/mol. The molecule has 1 aliphatic rings. The Morgan fingerprint density at radius 3 is 2.60 bits per heavy atom. The van der Waals surface area contributed by atoms with Gasteiger partial charge in [-0.05, 0) is 26.2 Å². The Balaban J connectivity index is 2.09. The van der Waals surface area contributed by atoms with E-state index in [0.717, 1.165) is 50.6 Å². The molecule has 4 heteroatoms. The average Bonchev–Trinajstić information content (AvgIpc) is 2.71. The number of aryl methyl sites for hydroxylation is 1. The maximum absolute atomic E-state index is 12.7. The summed E-state index contributed by atoms with van der Waals surface area (Å²) in [7, 11) is 0. The number of unbranched alkanes of at least 4 members (excludes halogenated alkanes) is 1. The number of carbonyl (C=O) groups is 1. The van der Waals surface area contributed by atoms with Gasteiger partial charge in [-0.2, -0.15) is 4.98 Å². The summed E-state index contributed by atoms with van der Waals surface area (Å²) in [5.74, 6) is 0.106. The summed E-state index contributed by atoms with van der Waals surface area (Å²) in [5.41, 5.74) is 0.582. The molecule has 4 nitrogen and oxygen atoms in total. The molecule has 2 rings (SSSR count). The van der Waals surface area contributed by atoms with E-state index < -0.39 is 0 Å². The first-order chi connectivity index (χ1) is 9.66. The van der Waals surface area contributed by atoms with Gasteiger partial charge in [-0.15, -0.1) is 0 Å². The van der Waals surface area contributed by atoms with Gasteiger partial charge >= 0.3 is 6.01 Å². The standard InChI is InChI=1S/C16H26N2O2/c1-3-4-9-16(10-7-5-6-8-11-16)14(19)18-15-17-13(2)12-20-15/h12H,3-11H2,1-2H3,(H,17,18,19). The average molecular weight is 278 g/mol. The molecule has 1 N–H and O–H groups in total. The SMILES string of the molecule is CCCCC1(C(=O)Nc2nc(C)co2)CCCCCC1. The lowest BCUT2D eigenvalue weighted by molar-refractivity contribution is -0.127. The van der Waals surface area contributed by atoms with Crippen molar-refractivity contribution in [1.29, 1.82) is 0 Å². The van der Waals surface area contributed by atoms with E-state index in [1.165, 1.54) is 12.8 Å². The van der Waals surface area contributed by atoms with Crippen molar-refractivity contribution in [2.45, 2.75) is 71.6 Å². The van der Waals surface area contributed by atoms with Crippen LogP contribution < -0.4 is 5.32 Å². The normalized spacial score (nSPS) is 18.5. The molecule has 0 aromatic carbocycles. The van der Waals surface area contributed by atoms with Crippen LogP contribution in [-0.4, -0.2) is 10.9 Å². The highest BCUT2D eigenvalue weighted by Gasteiger charge is 2.38. The first-order valence-corrected chi connectivity index (χ1v) is 7.90. The van der Waals surface area contributed by atoms with Crippen LogP contribution in [0.25, 0.3) is 0 Å². The second-order valence-corrected chi connectivity index (χ2v) is 6.05. The molecule has 0 radical (unpaired) electrons. The van der Waals surface area contributed by atoms with Gasteiger partial charge in [-0.1, -0.05) is 45.4 Å². The lowest BCUT2D eigenvalue weighted by Gasteiger charge is -2.30. The fourth-order valence-corrected chi connectivity index (χ4v) is 3.15. The quantitative estimate of drug-likeness (QED) is 0.809. The van der Waals surface area contributed by atoms with Crippen molar-refractivity contribution in [2.75, 3.05) is 5.32 Å². The third-order valence-corrected chi connectivity index (χ3v) is 4.39. The van der Waals surface area contributed by atoms with Gasteiger partial charge in [0.15, 0.2) is 0 Å². The molecule has 1 aliphatic carbocycles. The van der Waals surface area contributed by atoms with Crippen LogP contribution in [0.4, 0.5) is 6.01 Å². The molecule has 0 spiro atoms. The second-order valence-electron chi connectivity index (χ2n) is 6.05. The minimum Gasteiger partial charge on any atom is -0.432 e. The van der Waals surface area contributed by atoms with Gasteiger partial charge in [0.05, 0.1) is 5.69 Å². The van der Waals surface area contributed by atoms with Crippen LogP contribution in [0.15, 0.2) is 10.7 Å². The van der Waals surface area contributed by atoms with Crippen LogP contribution in [0, 0.1) is 12.3 Å². The predicted molar refractivity (Wildman–Crippen MR) is 79.5 cm³/mol. The Hall–Kier alpha value is -1.32. The Kier molecular flexibility index (Phi) is 5.21. The number of nitrogens with zero attached hydrogens (tertiary/aromatic N) is 1. The molecule has 0 saturated heterocycles. The molecule has 20 heavy (non-hydrogen) atoms. The number of rotatable bonds is 5. The zero-order chi connectivity index (χ0) is 14.4. The zero-order valence-corrected chi connectivity index (χ0v) is 12.7. The van der Waals surface area contributed by atoms with E-state index in [4.69, 9.17) is 4.42 Å². The van der Waals surface area contributed by atoms with Crippen molar-refractivity contribution in [3.63, 3.8) is 0 Å². The molecule has 1 fully saturated rings. The number of nitrogens with one attached hydrogen (secondary N) is 1. The topological polar surface area (TPSA) is 55.1 Å². The maximum atomic E-state index is 12.7. The molecule has 1 amide bonds. The maximum Gasteiger partial charge on any atom is 0.301 e. The summed E-state index contributed by atoms with van der Waals surface area (Å²) < 4.78 is 5.26. The van der Waals surface area contributed by atoms with Crippen LogP contribution in [0.1, 0.15) is 70.4 Å². The Morgan fingerprint density at radius 1 is 1.35 bits per heavy atom. The number of aromatic nitrogens is 1. The van der Waals surface area contributed by atoms with Gasteiger partial charge < -0.3 is 4.42 Å². The van der Waals surface area contributed by atoms with Crippen molar-refractivity contribution in [2.24, 2.45) is 5.41 Å². The molecule has 112 valence electrons. The fraction of sp³-hybridized carbons (Fsp3) is 0.750. The van der Waals surface area contributed by atoms with E-state index in [0.29, 0.717) is 6.01 Å². The number of hydrogen-bond donors (Lipinski definition) is 1. The van der Waals surface area contributed by atoms with Crippen molar-refractivity contribution in [1.82, 2.24) is 4.98 Å². The number of hydrogen-bond acceptors (Lipinski definition) is 3. The largest absolute Gasteiger partial charge is 0.432 e. The monoisotopic (exact) mass is 278 g/mol. The molecule has 1 heterocycles. The first kappa shape index (κ1) is 15.1. The van der Waals surface area contributed by atoms with Gasteiger partial charge in [0, 0.05) is 5.41 Å². The number of anilines is 1. The number of amides is 1. The third kappa shape index (κ3) is 3.62. The molecule has 0 atom stereocenters. The lowest BCUT2D eigenvalue weighted by Crippen LogP contribution is -2.36. The van der Waals surface area contributed by atoms with E-state index in [1.807, 2.05) is 6.92 Å². The van der Waals surface area contributed by atoms with Crippen LogP contribution in [0.5, 0.6) is 0 Å². The summed E-state index contributed by atoms with van der Waals surface area (Å²) in [5, 5.41) is 2.89. The van der Waals surface area contributed by atoms with E-state index in [-0.39, 0.29) is 11.3 Å². The van der Waals surface area contributed by atoms with Crippen molar-refractivity contribution >= 4 is 11.9 Å². The van der Waals surface area contributed by atoms with Crippen molar-refractivity contribution in [3.05, 3.63) is 12.0 Å². The summed E-state index contributed by atoms with van der Waals surface area (Å²) in [6, 6.07) is 0.340. The van der Waals surface area contributed by atoms with E-state index in [2.05, 4.69) is 17.2 Å². The van der Waals surface area contributed by atoms with Gasteiger partial charge in [0.1, 0.15) is 6.26 Å². The molecule has 0 aliphatic heterocycles. The van der Waals surface area contributed by atoms with E-state index >= 15 is 0 Å². The molecular formula is C16H26N2O2. The van der Waals surface area contributed by atoms with Gasteiger partial charge in [0.2, 0.25) is 5.91 Å². The Morgan fingerprint density at radius 2 is 2.05 bits per heavy atom. The van der Waals surface area contributed by atoms with Crippen LogP contribution in [0.3, 0.4) is 0 Å². The van der Waals surface area contributed by atoms with Gasteiger partial charge in [-0.25, -0.2) is 0 Å². The smallest absolute Gasteiger partial charge is 0.301 e. The molecule has 0 bridgehead atoms. The van der Waals surface area contributed by atoms with Crippen LogP contribution in [0.2, 0.25) is 0 Å². The summed E-state index contributed by atoms with van der Waals surface area (Å²) in [6.45, 7) is 4.04. The van der Waals surface area contributed by atoms with Gasteiger partial charge in [-0.3, -0.25) is 10.1 Å². The minimum atomic E-state index is -0.213. The summed E-state index contributed by atoms with van der Waals surface area (Å²) in [4.78, 5) is 16.9. The molecule has 1 aromatic rings. The summed E-state index contributed by atoms with van der Waals surface area (Å²) >= 11 is 0. The predicted octanol–water partition coefficient (Wildman–Crippen LogP) is 4.45. The van der Waals surface area contributed by atoms with E-state index in [9.17, 15) is 4.79 Å².